The summed E-state index contributed by atoms with van der Waals surface area (Å²) in [7, 11) is 1.78. The molecule has 0 rings (SSSR count). The molecule has 0 aliphatic carbocycles. The van der Waals surface area contributed by atoms with E-state index >= 15 is 0 Å². The van der Waals surface area contributed by atoms with Crippen molar-refractivity contribution in [1.82, 2.24) is 5.32 Å². The molecule has 1 unspecified atom stereocenters. The van der Waals surface area contributed by atoms with E-state index < -0.39 is 5.54 Å². The molecule has 4 heteroatoms. The summed E-state index contributed by atoms with van der Waals surface area (Å²) in [6.07, 6.45) is 1.99. The van der Waals surface area contributed by atoms with Gasteiger partial charge in [0, 0.05) is 4.43 Å². The summed E-state index contributed by atoms with van der Waals surface area (Å²) < 4.78 is 5.84. The summed E-state index contributed by atoms with van der Waals surface area (Å²) in [4.78, 5) is 11.5. The second kappa shape index (κ2) is 6.59. The first-order valence-electron chi connectivity index (χ1n) is 4.52. The zero-order valence-electron chi connectivity index (χ0n) is 8.52. The Morgan fingerprint density at radius 3 is 2.62 bits per heavy atom. The lowest BCUT2D eigenvalue weighted by molar-refractivity contribution is -0.149. The van der Waals surface area contributed by atoms with Gasteiger partial charge >= 0.3 is 5.97 Å². The predicted octanol–water partition coefficient (Wildman–Crippen LogP) is 1.74. The molecule has 0 radical (unpaired) electrons. The van der Waals surface area contributed by atoms with Crippen molar-refractivity contribution in [3.05, 3.63) is 0 Å². The second-order valence-electron chi connectivity index (χ2n) is 3.21. The standard InChI is InChI=1S/C9H18INO2/c1-4-5-6-13-8(12)9(2,7-10)11-3/h11H,4-7H2,1-3H3. The fourth-order valence-corrected chi connectivity index (χ4v) is 1.38. The highest BCUT2D eigenvalue weighted by Crippen LogP contribution is 2.10. The Kier molecular flexibility index (Phi) is 6.67. The minimum Gasteiger partial charge on any atom is -0.464 e. The minimum absolute atomic E-state index is 0.155. The van der Waals surface area contributed by atoms with E-state index in [1.54, 1.807) is 7.05 Å². The van der Waals surface area contributed by atoms with Crippen molar-refractivity contribution in [1.29, 1.82) is 0 Å². The number of hydrogen-bond acceptors (Lipinski definition) is 3. The zero-order valence-corrected chi connectivity index (χ0v) is 10.7. The molecule has 0 spiro atoms. The van der Waals surface area contributed by atoms with E-state index in [2.05, 4.69) is 34.8 Å². The van der Waals surface area contributed by atoms with Gasteiger partial charge in [0.2, 0.25) is 0 Å². The van der Waals surface area contributed by atoms with Crippen LogP contribution in [0.15, 0.2) is 0 Å². The van der Waals surface area contributed by atoms with Crippen LogP contribution < -0.4 is 5.32 Å². The van der Waals surface area contributed by atoms with Crippen molar-refractivity contribution < 1.29 is 9.53 Å². The summed E-state index contributed by atoms with van der Waals surface area (Å²) in [5.74, 6) is -0.155. The minimum atomic E-state index is -0.533. The first-order valence-corrected chi connectivity index (χ1v) is 6.05. The molecule has 0 fully saturated rings. The van der Waals surface area contributed by atoms with Crippen LogP contribution in [0.4, 0.5) is 0 Å². The van der Waals surface area contributed by atoms with Crippen molar-refractivity contribution >= 4 is 28.6 Å². The number of carbonyl (C=O) groups excluding carboxylic acids is 1. The highest BCUT2D eigenvalue weighted by molar-refractivity contribution is 14.1. The SMILES string of the molecule is CCCCOC(=O)C(C)(CI)NC. The second-order valence-corrected chi connectivity index (χ2v) is 3.97. The topological polar surface area (TPSA) is 38.3 Å². The predicted molar refractivity (Wildman–Crippen MR) is 62.2 cm³/mol. The van der Waals surface area contributed by atoms with Crippen LogP contribution in [0.1, 0.15) is 26.7 Å². The molecule has 0 aromatic carbocycles. The first kappa shape index (κ1) is 13.2. The third-order valence-corrected chi connectivity index (χ3v) is 3.53. The maximum atomic E-state index is 11.5. The maximum Gasteiger partial charge on any atom is 0.326 e. The Morgan fingerprint density at radius 2 is 2.23 bits per heavy atom. The highest BCUT2D eigenvalue weighted by atomic mass is 127. The molecule has 0 amide bonds. The molecule has 0 saturated carbocycles. The van der Waals surface area contributed by atoms with E-state index in [1.807, 2.05) is 6.92 Å². The van der Waals surface area contributed by atoms with Crippen LogP contribution in [0.2, 0.25) is 0 Å². The molecule has 1 N–H and O–H groups in total. The molecule has 1 atom stereocenters. The number of halogens is 1. The Morgan fingerprint density at radius 1 is 1.62 bits per heavy atom. The fraction of sp³-hybridized carbons (Fsp3) is 0.889. The van der Waals surface area contributed by atoms with E-state index in [0.29, 0.717) is 11.0 Å². The molecule has 0 aliphatic rings. The van der Waals surface area contributed by atoms with Crippen LogP contribution in [0.25, 0.3) is 0 Å². The fourth-order valence-electron chi connectivity index (χ4n) is 0.692. The summed E-state index contributed by atoms with van der Waals surface area (Å²) in [5, 5.41) is 2.97. The van der Waals surface area contributed by atoms with E-state index in [1.165, 1.54) is 0 Å². The van der Waals surface area contributed by atoms with Gasteiger partial charge in [-0.2, -0.15) is 0 Å². The lowest BCUT2D eigenvalue weighted by Gasteiger charge is -2.24. The molecule has 78 valence electrons. The van der Waals surface area contributed by atoms with Crippen LogP contribution in [0, 0.1) is 0 Å². The van der Waals surface area contributed by atoms with Crippen LogP contribution in [-0.4, -0.2) is 29.6 Å². The van der Waals surface area contributed by atoms with Crippen molar-refractivity contribution in [2.24, 2.45) is 0 Å². The largest absolute Gasteiger partial charge is 0.464 e. The number of nitrogens with one attached hydrogen (secondary N) is 1. The molecule has 0 bridgehead atoms. The smallest absolute Gasteiger partial charge is 0.326 e. The number of ether oxygens (including phenoxy) is 1. The average Bonchev–Trinajstić information content (AvgIpc) is 2.17. The highest BCUT2D eigenvalue weighted by Gasteiger charge is 2.31. The molecule has 0 aromatic rings. The molecule has 0 aromatic heterocycles. The van der Waals surface area contributed by atoms with E-state index in [0.717, 1.165) is 12.8 Å². The number of carbonyl (C=O) groups is 1. The molecular weight excluding hydrogens is 281 g/mol. The molecule has 0 saturated heterocycles. The number of alkyl halides is 1. The Hall–Kier alpha value is 0.160. The van der Waals surface area contributed by atoms with Gasteiger partial charge in [-0.15, -0.1) is 0 Å². The van der Waals surface area contributed by atoms with Crippen LogP contribution >= 0.6 is 22.6 Å². The van der Waals surface area contributed by atoms with Gasteiger partial charge in [0.1, 0.15) is 5.54 Å². The number of hydrogen-bond donors (Lipinski definition) is 1. The van der Waals surface area contributed by atoms with Crippen LogP contribution in [0.5, 0.6) is 0 Å². The molecule has 3 nitrogen and oxygen atoms in total. The van der Waals surface area contributed by atoms with Gasteiger partial charge < -0.3 is 10.1 Å². The third-order valence-electron chi connectivity index (χ3n) is 2.00. The van der Waals surface area contributed by atoms with Crippen LogP contribution in [-0.2, 0) is 9.53 Å². The quantitative estimate of drug-likeness (QED) is 0.351. The van der Waals surface area contributed by atoms with E-state index in [4.69, 9.17) is 4.74 Å². The monoisotopic (exact) mass is 299 g/mol. The molecule has 13 heavy (non-hydrogen) atoms. The van der Waals surface area contributed by atoms with E-state index in [9.17, 15) is 4.79 Å². The first-order chi connectivity index (χ1) is 6.10. The van der Waals surface area contributed by atoms with Gasteiger partial charge in [-0.05, 0) is 20.4 Å². The van der Waals surface area contributed by atoms with Crippen molar-refractivity contribution in [2.45, 2.75) is 32.2 Å². The summed E-state index contributed by atoms with van der Waals surface area (Å²) in [5.41, 5.74) is -0.533. The average molecular weight is 299 g/mol. The van der Waals surface area contributed by atoms with Crippen LogP contribution in [0.3, 0.4) is 0 Å². The third kappa shape index (κ3) is 4.26. The Labute approximate surface area is 93.7 Å². The van der Waals surface area contributed by atoms with Gasteiger partial charge in [0.15, 0.2) is 0 Å². The van der Waals surface area contributed by atoms with Gasteiger partial charge in [0.05, 0.1) is 6.61 Å². The van der Waals surface area contributed by atoms with Crippen molar-refractivity contribution in [2.75, 3.05) is 18.1 Å². The number of esters is 1. The molecular formula is C9H18INO2. The van der Waals surface area contributed by atoms with E-state index in [-0.39, 0.29) is 5.97 Å². The normalized spacial score (nSPS) is 15.1. The Bertz CT molecular complexity index is 158. The Balaban J connectivity index is 3.92. The number of likely N-dealkylation sites (N-methyl/N-ethyl adjacent to an activating group) is 1. The summed E-state index contributed by atoms with van der Waals surface area (Å²) in [6, 6.07) is 0. The lowest BCUT2D eigenvalue weighted by Crippen LogP contribution is -2.50. The van der Waals surface area contributed by atoms with Gasteiger partial charge in [-0.1, -0.05) is 35.9 Å². The maximum absolute atomic E-state index is 11.5. The van der Waals surface area contributed by atoms with Gasteiger partial charge in [-0.3, -0.25) is 4.79 Å². The summed E-state index contributed by atoms with van der Waals surface area (Å²) >= 11 is 2.18. The van der Waals surface area contributed by atoms with Gasteiger partial charge in [0.25, 0.3) is 0 Å². The molecule has 0 aliphatic heterocycles. The summed E-state index contributed by atoms with van der Waals surface area (Å²) in [6.45, 7) is 4.46. The van der Waals surface area contributed by atoms with Gasteiger partial charge in [-0.25, -0.2) is 0 Å². The lowest BCUT2D eigenvalue weighted by atomic mass is 10.1. The van der Waals surface area contributed by atoms with Crippen molar-refractivity contribution in [3.8, 4) is 0 Å². The zero-order chi connectivity index (χ0) is 10.3. The molecule has 0 heterocycles. The number of unbranched alkanes of at least 4 members (excludes halogenated alkanes) is 1. The number of rotatable bonds is 6. The van der Waals surface area contributed by atoms with Crippen molar-refractivity contribution in [3.63, 3.8) is 0 Å².